The summed E-state index contributed by atoms with van der Waals surface area (Å²) in [6.45, 7) is 4.20. The van der Waals surface area contributed by atoms with Crippen LogP contribution in [0.2, 0.25) is 0 Å². The number of hydrogen-bond donors (Lipinski definition) is 3. The molecule has 3 aliphatic carbocycles. The van der Waals surface area contributed by atoms with Gasteiger partial charge in [-0.05, 0) is 69.4 Å². The molecule has 2 atom stereocenters. The predicted molar refractivity (Wildman–Crippen MR) is 133 cm³/mol. The molecule has 4 rings (SSSR count). The molecule has 1 aromatic rings. The first-order valence-corrected chi connectivity index (χ1v) is 11.6. The van der Waals surface area contributed by atoms with Crippen molar-refractivity contribution in [1.29, 1.82) is 0 Å². The highest BCUT2D eigenvalue weighted by Crippen LogP contribution is 2.29. The molecule has 1 aromatic heterocycles. The molecule has 8 heteroatoms. The zero-order valence-electron chi connectivity index (χ0n) is 18.4. The number of rotatable bonds is 9. The van der Waals surface area contributed by atoms with Gasteiger partial charge >= 0.3 is 0 Å². The summed E-state index contributed by atoms with van der Waals surface area (Å²) in [5.41, 5.74) is 1.08. The topological polar surface area (TPSA) is 87.6 Å². The van der Waals surface area contributed by atoms with Gasteiger partial charge in [-0.25, -0.2) is 9.98 Å². The average molecular weight is 541 g/mol. The number of carbonyl (C=O) groups excluding carboxylic acids is 1. The lowest BCUT2D eigenvalue weighted by atomic mass is 9.85. The van der Waals surface area contributed by atoms with Crippen molar-refractivity contribution in [3.8, 4) is 5.88 Å². The van der Waals surface area contributed by atoms with Crippen molar-refractivity contribution in [3.63, 3.8) is 0 Å². The third-order valence-corrected chi connectivity index (χ3v) is 6.04. The minimum atomic E-state index is 0. The number of carbonyl (C=O) groups is 1. The summed E-state index contributed by atoms with van der Waals surface area (Å²) in [4.78, 5) is 21.5. The van der Waals surface area contributed by atoms with Crippen LogP contribution in [0.3, 0.4) is 0 Å². The maximum atomic E-state index is 12.4. The van der Waals surface area contributed by atoms with Crippen molar-refractivity contribution in [2.24, 2.45) is 16.8 Å². The molecule has 172 valence electrons. The van der Waals surface area contributed by atoms with Crippen molar-refractivity contribution in [2.45, 2.75) is 76.9 Å². The second-order valence-corrected chi connectivity index (χ2v) is 8.94. The standard InChI is InChI=1S/C23H35N5O2.HI/c1-2-24-23(26-14-17-10-11-25-21(12-17)30-15-16-6-7-16)28-20-5-3-4-18(13-20)22(29)27-19-8-9-19;/h10-12,16,18-20H,2-9,13-15H2,1H3,(H,27,29)(H2,24,26,28);1H. The minimum Gasteiger partial charge on any atom is -0.477 e. The molecule has 3 aliphatic rings. The molecule has 1 amide bonds. The van der Waals surface area contributed by atoms with Gasteiger partial charge in [-0.2, -0.15) is 0 Å². The summed E-state index contributed by atoms with van der Waals surface area (Å²) in [7, 11) is 0. The number of aromatic nitrogens is 1. The monoisotopic (exact) mass is 541 g/mol. The van der Waals surface area contributed by atoms with Crippen molar-refractivity contribution in [1.82, 2.24) is 20.9 Å². The van der Waals surface area contributed by atoms with Crippen molar-refractivity contribution < 1.29 is 9.53 Å². The van der Waals surface area contributed by atoms with Gasteiger partial charge in [-0.3, -0.25) is 4.79 Å². The Morgan fingerprint density at radius 2 is 2.00 bits per heavy atom. The fourth-order valence-electron chi connectivity index (χ4n) is 3.90. The van der Waals surface area contributed by atoms with E-state index in [1.165, 1.54) is 12.8 Å². The third-order valence-electron chi connectivity index (χ3n) is 6.04. The first kappa shape index (κ1) is 24.1. The molecule has 0 spiro atoms. The van der Waals surface area contributed by atoms with E-state index in [1.807, 2.05) is 12.1 Å². The number of amides is 1. The van der Waals surface area contributed by atoms with E-state index in [4.69, 9.17) is 9.73 Å². The molecule has 7 nitrogen and oxygen atoms in total. The van der Waals surface area contributed by atoms with E-state index in [2.05, 4.69) is 27.9 Å². The quantitative estimate of drug-likeness (QED) is 0.254. The van der Waals surface area contributed by atoms with Crippen LogP contribution in [0.15, 0.2) is 23.3 Å². The Labute approximate surface area is 202 Å². The zero-order valence-corrected chi connectivity index (χ0v) is 20.8. The van der Waals surface area contributed by atoms with Crippen LogP contribution in [-0.4, -0.2) is 42.1 Å². The Morgan fingerprint density at radius 3 is 2.74 bits per heavy atom. The van der Waals surface area contributed by atoms with E-state index in [9.17, 15) is 4.79 Å². The maximum absolute atomic E-state index is 12.4. The average Bonchev–Trinajstić information content (AvgIpc) is 3.67. The van der Waals surface area contributed by atoms with Gasteiger partial charge in [0, 0.05) is 36.8 Å². The van der Waals surface area contributed by atoms with Gasteiger partial charge in [0.25, 0.3) is 0 Å². The van der Waals surface area contributed by atoms with Gasteiger partial charge in [0.2, 0.25) is 11.8 Å². The summed E-state index contributed by atoms with van der Waals surface area (Å²) >= 11 is 0. The number of nitrogens with one attached hydrogen (secondary N) is 3. The molecule has 0 aliphatic heterocycles. The summed E-state index contributed by atoms with van der Waals surface area (Å²) in [5.74, 6) is 2.56. The lowest BCUT2D eigenvalue weighted by Gasteiger charge is -2.30. The Balaban J connectivity index is 0.00000272. The minimum absolute atomic E-state index is 0. The highest BCUT2D eigenvalue weighted by atomic mass is 127. The molecular weight excluding hydrogens is 505 g/mol. The Morgan fingerprint density at radius 1 is 1.16 bits per heavy atom. The van der Waals surface area contributed by atoms with Crippen LogP contribution in [-0.2, 0) is 11.3 Å². The SMILES string of the molecule is CCNC(=NCc1ccnc(OCC2CC2)c1)NC1CCCC(C(=O)NC2CC2)C1.I. The fourth-order valence-corrected chi connectivity index (χ4v) is 3.90. The van der Waals surface area contributed by atoms with Gasteiger partial charge in [0.1, 0.15) is 0 Å². The van der Waals surface area contributed by atoms with Crippen molar-refractivity contribution >= 4 is 35.8 Å². The largest absolute Gasteiger partial charge is 0.477 e. The van der Waals surface area contributed by atoms with Crippen LogP contribution in [0.25, 0.3) is 0 Å². The summed E-state index contributed by atoms with van der Waals surface area (Å²) in [6, 6.07) is 4.68. The molecule has 3 saturated carbocycles. The Hall–Kier alpha value is -1.58. The number of nitrogens with zero attached hydrogens (tertiary/aromatic N) is 2. The summed E-state index contributed by atoms with van der Waals surface area (Å²) < 4.78 is 5.78. The van der Waals surface area contributed by atoms with Gasteiger partial charge in [-0.15, -0.1) is 24.0 Å². The molecule has 3 N–H and O–H groups in total. The second-order valence-electron chi connectivity index (χ2n) is 8.94. The van der Waals surface area contributed by atoms with E-state index < -0.39 is 0 Å². The predicted octanol–water partition coefficient (Wildman–Crippen LogP) is 3.38. The number of pyridine rings is 1. The van der Waals surface area contributed by atoms with Crippen LogP contribution in [0.1, 0.15) is 63.9 Å². The Bertz CT molecular complexity index is 751. The molecule has 2 unspecified atom stereocenters. The second kappa shape index (κ2) is 11.9. The molecule has 0 aromatic carbocycles. The normalized spacial score (nSPS) is 23.5. The molecule has 0 saturated heterocycles. The van der Waals surface area contributed by atoms with Crippen molar-refractivity contribution in [3.05, 3.63) is 23.9 Å². The van der Waals surface area contributed by atoms with Crippen LogP contribution in [0.5, 0.6) is 5.88 Å². The van der Waals surface area contributed by atoms with E-state index in [0.717, 1.165) is 63.2 Å². The van der Waals surface area contributed by atoms with Crippen LogP contribution >= 0.6 is 24.0 Å². The first-order valence-electron chi connectivity index (χ1n) is 11.6. The summed E-state index contributed by atoms with van der Waals surface area (Å²) in [5, 5.41) is 10.1. The van der Waals surface area contributed by atoms with Crippen LogP contribution < -0.4 is 20.7 Å². The highest BCUT2D eigenvalue weighted by Gasteiger charge is 2.31. The molecule has 31 heavy (non-hydrogen) atoms. The number of aliphatic imine (C=N–C) groups is 1. The van der Waals surface area contributed by atoms with E-state index in [0.29, 0.717) is 24.4 Å². The number of hydrogen-bond acceptors (Lipinski definition) is 4. The number of guanidine groups is 1. The Kier molecular flexibility index (Phi) is 9.22. The maximum Gasteiger partial charge on any atom is 0.223 e. The first-order chi connectivity index (χ1) is 14.7. The molecule has 3 fully saturated rings. The van der Waals surface area contributed by atoms with Gasteiger partial charge in [0.15, 0.2) is 5.96 Å². The van der Waals surface area contributed by atoms with Gasteiger partial charge in [0.05, 0.1) is 13.2 Å². The van der Waals surface area contributed by atoms with Crippen molar-refractivity contribution in [2.75, 3.05) is 13.2 Å². The molecule has 0 radical (unpaired) electrons. The smallest absolute Gasteiger partial charge is 0.223 e. The number of halogens is 1. The van der Waals surface area contributed by atoms with E-state index in [-0.39, 0.29) is 41.8 Å². The van der Waals surface area contributed by atoms with Crippen LogP contribution in [0, 0.1) is 11.8 Å². The third kappa shape index (κ3) is 8.12. The summed E-state index contributed by atoms with van der Waals surface area (Å²) in [6.07, 6.45) is 10.6. The van der Waals surface area contributed by atoms with Gasteiger partial charge in [-0.1, -0.05) is 6.42 Å². The zero-order chi connectivity index (χ0) is 20.8. The van der Waals surface area contributed by atoms with Gasteiger partial charge < -0.3 is 20.7 Å². The fraction of sp³-hybridized carbons (Fsp3) is 0.696. The molecular formula is C23H36IN5O2. The van der Waals surface area contributed by atoms with E-state index >= 15 is 0 Å². The molecule has 0 bridgehead atoms. The lowest BCUT2D eigenvalue weighted by molar-refractivity contribution is -0.126. The lowest BCUT2D eigenvalue weighted by Crippen LogP contribution is -2.47. The van der Waals surface area contributed by atoms with E-state index in [1.54, 1.807) is 6.20 Å². The molecule has 1 heterocycles. The van der Waals surface area contributed by atoms with Crippen LogP contribution in [0.4, 0.5) is 0 Å². The number of ether oxygens (including phenoxy) is 1. The highest BCUT2D eigenvalue weighted by molar-refractivity contribution is 14.0.